The predicted octanol–water partition coefficient (Wildman–Crippen LogP) is 1.84. The average molecular weight is 183 g/mol. The summed E-state index contributed by atoms with van der Waals surface area (Å²) >= 11 is 1.69. The molecular formula is C8H9NO2S. The molecule has 4 heteroatoms. The van der Waals surface area contributed by atoms with Crippen LogP contribution in [0.4, 0.5) is 4.79 Å². The van der Waals surface area contributed by atoms with Crippen LogP contribution in [-0.2, 0) is 4.74 Å². The topological polar surface area (TPSA) is 38.3 Å². The highest BCUT2D eigenvalue weighted by molar-refractivity contribution is 7.12. The SMILES string of the molecule is Cc1ccc(C2COC(=O)N2)s1. The lowest BCUT2D eigenvalue weighted by Gasteiger charge is -2.01. The van der Waals surface area contributed by atoms with Crippen molar-refractivity contribution in [1.82, 2.24) is 5.32 Å². The van der Waals surface area contributed by atoms with Crippen molar-refractivity contribution in [3.8, 4) is 0 Å². The summed E-state index contributed by atoms with van der Waals surface area (Å²) in [6.45, 7) is 2.50. The molecule has 64 valence electrons. The normalized spacial score (nSPS) is 22.1. The molecule has 0 spiro atoms. The zero-order valence-corrected chi connectivity index (χ0v) is 7.48. The maximum absolute atomic E-state index is 10.7. The summed E-state index contributed by atoms with van der Waals surface area (Å²) in [5.41, 5.74) is 0. The molecule has 1 unspecified atom stereocenters. The highest BCUT2D eigenvalue weighted by atomic mass is 32.1. The molecule has 2 rings (SSSR count). The number of carbonyl (C=O) groups excluding carboxylic acids is 1. The number of cyclic esters (lactones) is 1. The Balaban J connectivity index is 2.15. The lowest BCUT2D eigenvalue weighted by molar-refractivity contribution is 0.177. The van der Waals surface area contributed by atoms with Gasteiger partial charge in [-0.2, -0.15) is 0 Å². The van der Waals surface area contributed by atoms with E-state index < -0.39 is 0 Å². The number of amides is 1. The van der Waals surface area contributed by atoms with Crippen molar-refractivity contribution >= 4 is 17.4 Å². The number of hydrogen-bond acceptors (Lipinski definition) is 3. The second kappa shape index (κ2) is 2.79. The molecule has 0 aromatic carbocycles. The van der Waals surface area contributed by atoms with Crippen LogP contribution in [0.3, 0.4) is 0 Å². The van der Waals surface area contributed by atoms with Gasteiger partial charge in [-0.05, 0) is 19.1 Å². The largest absolute Gasteiger partial charge is 0.447 e. The molecule has 1 atom stereocenters. The molecule has 0 saturated carbocycles. The quantitative estimate of drug-likeness (QED) is 0.721. The number of carbonyl (C=O) groups is 1. The van der Waals surface area contributed by atoms with E-state index in [-0.39, 0.29) is 12.1 Å². The van der Waals surface area contributed by atoms with E-state index in [1.54, 1.807) is 11.3 Å². The highest BCUT2D eigenvalue weighted by Gasteiger charge is 2.24. The summed E-state index contributed by atoms with van der Waals surface area (Å²) in [7, 11) is 0. The summed E-state index contributed by atoms with van der Waals surface area (Å²) in [6.07, 6.45) is -0.314. The molecule has 0 aliphatic carbocycles. The van der Waals surface area contributed by atoms with Crippen molar-refractivity contribution in [2.45, 2.75) is 13.0 Å². The summed E-state index contributed by atoms with van der Waals surface area (Å²) in [5.74, 6) is 0. The first-order chi connectivity index (χ1) is 5.75. The minimum absolute atomic E-state index is 0.0659. The molecule has 1 aliphatic rings. The van der Waals surface area contributed by atoms with E-state index in [1.807, 2.05) is 19.1 Å². The van der Waals surface area contributed by atoms with Crippen molar-refractivity contribution in [1.29, 1.82) is 0 Å². The third kappa shape index (κ3) is 1.30. The van der Waals surface area contributed by atoms with E-state index in [2.05, 4.69) is 5.32 Å². The van der Waals surface area contributed by atoms with Gasteiger partial charge in [0, 0.05) is 9.75 Å². The van der Waals surface area contributed by atoms with Crippen LogP contribution in [-0.4, -0.2) is 12.7 Å². The molecule has 1 fully saturated rings. The Hall–Kier alpha value is -1.03. The molecule has 1 amide bonds. The molecule has 1 N–H and O–H groups in total. The average Bonchev–Trinajstić information content (AvgIpc) is 2.58. The van der Waals surface area contributed by atoms with Gasteiger partial charge in [-0.3, -0.25) is 0 Å². The van der Waals surface area contributed by atoms with Crippen LogP contribution in [0.1, 0.15) is 15.8 Å². The Morgan fingerprint density at radius 3 is 3.00 bits per heavy atom. The lowest BCUT2D eigenvalue weighted by Crippen LogP contribution is -2.17. The molecule has 0 radical (unpaired) electrons. The zero-order valence-electron chi connectivity index (χ0n) is 6.66. The Morgan fingerprint density at radius 1 is 1.67 bits per heavy atom. The number of aryl methyl sites for hydroxylation is 1. The summed E-state index contributed by atoms with van der Waals surface area (Å²) < 4.78 is 4.79. The number of thiophene rings is 1. The Kier molecular flexibility index (Phi) is 1.77. The third-order valence-electron chi connectivity index (χ3n) is 1.78. The lowest BCUT2D eigenvalue weighted by atomic mass is 10.3. The van der Waals surface area contributed by atoms with Crippen LogP contribution >= 0.6 is 11.3 Å². The maximum atomic E-state index is 10.7. The first kappa shape index (κ1) is 7.61. The van der Waals surface area contributed by atoms with Gasteiger partial charge in [0.1, 0.15) is 12.6 Å². The van der Waals surface area contributed by atoms with Gasteiger partial charge in [0.2, 0.25) is 0 Å². The van der Waals surface area contributed by atoms with Crippen molar-refractivity contribution in [2.75, 3.05) is 6.61 Å². The van der Waals surface area contributed by atoms with Gasteiger partial charge in [-0.1, -0.05) is 0 Å². The number of nitrogens with one attached hydrogen (secondary N) is 1. The number of rotatable bonds is 1. The van der Waals surface area contributed by atoms with Gasteiger partial charge >= 0.3 is 6.09 Å². The standard InChI is InChI=1S/C8H9NO2S/c1-5-2-3-7(12-5)6-4-11-8(10)9-6/h2-3,6H,4H2,1H3,(H,9,10). The van der Waals surface area contributed by atoms with E-state index in [9.17, 15) is 4.79 Å². The van der Waals surface area contributed by atoms with Crippen molar-refractivity contribution in [3.05, 3.63) is 21.9 Å². The Bertz CT molecular complexity index is 308. The van der Waals surface area contributed by atoms with E-state index in [4.69, 9.17) is 4.74 Å². The van der Waals surface area contributed by atoms with Crippen LogP contribution < -0.4 is 5.32 Å². The van der Waals surface area contributed by atoms with E-state index >= 15 is 0 Å². The molecule has 1 aliphatic heterocycles. The minimum atomic E-state index is -0.314. The van der Waals surface area contributed by atoms with Crippen LogP contribution in [0.15, 0.2) is 12.1 Å². The maximum Gasteiger partial charge on any atom is 0.407 e. The van der Waals surface area contributed by atoms with Crippen molar-refractivity contribution < 1.29 is 9.53 Å². The van der Waals surface area contributed by atoms with Crippen LogP contribution in [0, 0.1) is 6.92 Å². The van der Waals surface area contributed by atoms with Gasteiger partial charge in [0.05, 0.1) is 0 Å². The van der Waals surface area contributed by atoms with Gasteiger partial charge in [0.15, 0.2) is 0 Å². The highest BCUT2D eigenvalue weighted by Crippen LogP contribution is 2.25. The molecular weight excluding hydrogens is 174 g/mol. The fourth-order valence-corrected chi connectivity index (χ4v) is 2.09. The number of alkyl carbamates (subject to hydrolysis) is 1. The smallest absolute Gasteiger partial charge is 0.407 e. The molecule has 0 bridgehead atoms. The molecule has 1 saturated heterocycles. The summed E-state index contributed by atoms with van der Waals surface area (Å²) in [6, 6.07) is 4.14. The van der Waals surface area contributed by atoms with Gasteiger partial charge in [0.25, 0.3) is 0 Å². The monoisotopic (exact) mass is 183 g/mol. The molecule has 3 nitrogen and oxygen atoms in total. The fourth-order valence-electron chi connectivity index (χ4n) is 1.18. The first-order valence-corrected chi connectivity index (χ1v) is 4.57. The second-order valence-corrected chi connectivity index (χ2v) is 4.06. The first-order valence-electron chi connectivity index (χ1n) is 3.75. The summed E-state index contributed by atoms with van der Waals surface area (Å²) in [4.78, 5) is 13.1. The van der Waals surface area contributed by atoms with Gasteiger partial charge < -0.3 is 10.1 Å². The van der Waals surface area contributed by atoms with Crippen molar-refractivity contribution in [3.63, 3.8) is 0 Å². The van der Waals surface area contributed by atoms with Gasteiger partial charge in [-0.25, -0.2) is 4.79 Å². The van der Waals surface area contributed by atoms with E-state index in [0.29, 0.717) is 6.61 Å². The van der Waals surface area contributed by atoms with E-state index in [0.717, 1.165) is 0 Å². The van der Waals surface area contributed by atoms with E-state index in [1.165, 1.54) is 9.75 Å². The van der Waals surface area contributed by atoms with Crippen LogP contribution in [0.5, 0.6) is 0 Å². The molecule has 1 aromatic rings. The molecule has 12 heavy (non-hydrogen) atoms. The zero-order chi connectivity index (χ0) is 8.55. The fraction of sp³-hybridized carbons (Fsp3) is 0.375. The second-order valence-electron chi connectivity index (χ2n) is 2.74. The van der Waals surface area contributed by atoms with Gasteiger partial charge in [-0.15, -0.1) is 11.3 Å². The Labute approximate surface area is 74.4 Å². The number of ether oxygens (including phenoxy) is 1. The predicted molar refractivity (Wildman–Crippen MR) is 46.3 cm³/mol. The third-order valence-corrected chi connectivity index (χ3v) is 2.89. The van der Waals surface area contributed by atoms with Crippen LogP contribution in [0.2, 0.25) is 0 Å². The summed E-state index contributed by atoms with van der Waals surface area (Å²) in [5, 5.41) is 2.73. The minimum Gasteiger partial charge on any atom is -0.447 e. The van der Waals surface area contributed by atoms with Crippen molar-refractivity contribution in [2.24, 2.45) is 0 Å². The van der Waals surface area contributed by atoms with Crippen LogP contribution in [0.25, 0.3) is 0 Å². The Morgan fingerprint density at radius 2 is 2.50 bits per heavy atom. The molecule has 1 aromatic heterocycles. The molecule has 2 heterocycles. The number of hydrogen-bond donors (Lipinski definition) is 1.